The number of rotatable bonds is 5. The Bertz CT molecular complexity index is 657. The van der Waals surface area contributed by atoms with Crippen molar-refractivity contribution in [3.8, 4) is 5.75 Å². The molecule has 2 aromatic rings. The molecule has 0 heterocycles. The third kappa shape index (κ3) is 3.88. The zero-order chi connectivity index (χ0) is 15.4. The number of nitro benzene ring substituents is 1. The lowest BCUT2D eigenvalue weighted by Crippen LogP contribution is -2.02. The Morgan fingerprint density at radius 3 is 2.38 bits per heavy atom. The Hall–Kier alpha value is -2.70. The molecule has 0 aromatic heterocycles. The van der Waals surface area contributed by atoms with Crippen LogP contribution in [0.1, 0.15) is 5.56 Å². The van der Waals surface area contributed by atoms with Crippen LogP contribution in [0.5, 0.6) is 5.75 Å². The number of ether oxygens (including phenoxy) is 1. The predicted molar refractivity (Wildman–Crippen MR) is 73.3 cm³/mol. The van der Waals surface area contributed by atoms with Crippen LogP contribution < -0.4 is 10.1 Å². The summed E-state index contributed by atoms with van der Waals surface area (Å²) in [5, 5.41) is 13.6. The maximum atomic E-state index is 13.1. The van der Waals surface area contributed by atoms with E-state index >= 15 is 0 Å². The summed E-state index contributed by atoms with van der Waals surface area (Å²) in [7, 11) is 1.40. The second-order valence-electron chi connectivity index (χ2n) is 4.31. The SMILES string of the molecule is COc1cc(CNc2cc(F)cc(F)c2)cc([N+](=O)[O-])c1. The van der Waals surface area contributed by atoms with E-state index in [0.717, 1.165) is 18.2 Å². The number of nitro groups is 1. The first kappa shape index (κ1) is 14.7. The van der Waals surface area contributed by atoms with Gasteiger partial charge in [0.2, 0.25) is 0 Å². The van der Waals surface area contributed by atoms with Gasteiger partial charge in [0.05, 0.1) is 18.1 Å². The largest absolute Gasteiger partial charge is 0.496 e. The van der Waals surface area contributed by atoms with Gasteiger partial charge in [-0.15, -0.1) is 0 Å². The predicted octanol–water partition coefficient (Wildman–Crippen LogP) is 3.49. The summed E-state index contributed by atoms with van der Waals surface area (Å²) in [4.78, 5) is 10.3. The number of methoxy groups -OCH3 is 1. The fourth-order valence-corrected chi connectivity index (χ4v) is 1.83. The van der Waals surface area contributed by atoms with Gasteiger partial charge >= 0.3 is 0 Å². The molecule has 0 aliphatic rings. The van der Waals surface area contributed by atoms with E-state index in [0.29, 0.717) is 11.3 Å². The second-order valence-corrected chi connectivity index (χ2v) is 4.31. The molecule has 0 aliphatic carbocycles. The zero-order valence-electron chi connectivity index (χ0n) is 11.1. The minimum absolute atomic E-state index is 0.114. The minimum Gasteiger partial charge on any atom is -0.496 e. The molecule has 0 saturated heterocycles. The molecule has 2 rings (SSSR count). The standard InChI is InChI=1S/C14H12F2N2O3/c1-21-14-3-9(2-13(7-14)18(19)20)8-17-12-5-10(15)4-11(16)6-12/h2-7,17H,8H2,1H3. The van der Waals surface area contributed by atoms with E-state index in [1.54, 1.807) is 6.07 Å². The first-order valence-corrected chi connectivity index (χ1v) is 6.00. The number of hydrogen-bond acceptors (Lipinski definition) is 4. The van der Waals surface area contributed by atoms with Crippen molar-refractivity contribution in [1.29, 1.82) is 0 Å². The minimum atomic E-state index is -0.700. The van der Waals surface area contributed by atoms with E-state index in [4.69, 9.17) is 4.74 Å². The van der Waals surface area contributed by atoms with Crippen molar-refractivity contribution in [3.05, 3.63) is 63.7 Å². The Morgan fingerprint density at radius 2 is 1.81 bits per heavy atom. The van der Waals surface area contributed by atoms with E-state index in [-0.39, 0.29) is 17.9 Å². The second kappa shape index (κ2) is 6.17. The van der Waals surface area contributed by atoms with Gasteiger partial charge in [0.15, 0.2) is 0 Å². The summed E-state index contributed by atoms with van der Waals surface area (Å²) in [6.07, 6.45) is 0. The number of nitrogens with zero attached hydrogens (tertiary/aromatic N) is 1. The van der Waals surface area contributed by atoms with Crippen LogP contribution >= 0.6 is 0 Å². The van der Waals surface area contributed by atoms with Crippen molar-refractivity contribution in [2.24, 2.45) is 0 Å². The Morgan fingerprint density at radius 1 is 1.14 bits per heavy atom. The number of halogens is 2. The molecule has 0 saturated carbocycles. The maximum absolute atomic E-state index is 13.1. The normalized spacial score (nSPS) is 10.2. The topological polar surface area (TPSA) is 64.4 Å². The van der Waals surface area contributed by atoms with E-state index < -0.39 is 16.6 Å². The van der Waals surface area contributed by atoms with Crippen molar-refractivity contribution in [2.45, 2.75) is 6.54 Å². The van der Waals surface area contributed by atoms with E-state index in [2.05, 4.69) is 5.32 Å². The summed E-state index contributed by atoms with van der Waals surface area (Å²) in [5.41, 5.74) is 0.695. The number of anilines is 1. The van der Waals surface area contributed by atoms with Gasteiger partial charge in [0, 0.05) is 24.4 Å². The first-order valence-electron chi connectivity index (χ1n) is 6.00. The molecule has 0 fully saturated rings. The number of non-ortho nitro benzene ring substituents is 1. The molecule has 0 radical (unpaired) electrons. The highest BCUT2D eigenvalue weighted by atomic mass is 19.1. The molecule has 0 atom stereocenters. The Labute approximate surface area is 119 Å². The van der Waals surface area contributed by atoms with E-state index in [1.165, 1.54) is 19.2 Å². The molecular weight excluding hydrogens is 282 g/mol. The van der Waals surface area contributed by atoms with Crippen LogP contribution in [0, 0.1) is 21.7 Å². The average Bonchev–Trinajstić information content (AvgIpc) is 2.43. The Kier molecular flexibility index (Phi) is 4.32. The van der Waals surface area contributed by atoms with E-state index in [9.17, 15) is 18.9 Å². The third-order valence-corrected chi connectivity index (χ3v) is 2.76. The van der Waals surface area contributed by atoms with Crippen LogP contribution in [-0.2, 0) is 6.54 Å². The molecule has 5 nitrogen and oxygen atoms in total. The summed E-state index contributed by atoms with van der Waals surface area (Å²) in [5.74, 6) is -1.06. The molecular formula is C14H12F2N2O3. The number of nitrogens with one attached hydrogen (secondary N) is 1. The molecule has 0 unspecified atom stereocenters. The molecule has 110 valence electrons. The van der Waals surface area contributed by atoms with Crippen LogP contribution in [0.25, 0.3) is 0 Å². The quantitative estimate of drug-likeness (QED) is 0.677. The third-order valence-electron chi connectivity index (χ3n) is 2.76. The van der Waals surface area contributed by atoms with Gasteiger partial charge in [-0.3, -0.25) is 10.1 Å². The van der Waals surface area contributed by atoms with Gasteiger partial charge in [-0.1, -0.05) is 0 Å². The van der Waals surface area contributed by atoms with Crippen molar-refractivity contribution >= 4 is 11.4 Å². The molecule has 2 aromatic carbocycles. The molecule has 1 N–H and O–H groups in total. The summed E-state index contributed by atoms with van der Waals surface area (Å²) < 4.78 is 31.1. The number of hydrogen-bond donors (Lipinski definition) is 1. The highest BCUT2D eigenvalue weighted by molar-refractivity contribution is 5.47. The van der Waals surface area contributed by atoms with E-state index in [1.807, 2.05) is 0 Å². The van der Waals surface area contributed by atoms with Crippen molar-refractivity contribution < 1.29 is 18.4 Å². The monoisotopic (exact) mass is 294 g/mol. The summed E-state index contributed by atoms with van der Waals surface area (Å²) in [6, 6.07) is 7.31. The molecule has 0 bridgehead atoms. The van der Waals surface area contributed by atoms with Gasteiger partial charge in [-0.25, -0.2) is 8.78 Å². The van der Waals surface area contributed by atoms with Crippen molar-refractivity contribution in [2.75, 3.05) is 12.4 Å². The average molecular weight is 294 g/mol. The Balaban J connectivity index is 2.19. The lowest BCUT2D eigenvalue weighted by Gasteiger charge is -2.08. The van der Waals surface area contributed by atoms with Crippen LogP contribution in [0.3, 0.4) is 0 Å². The highest BCUT2D eigenvalue weighted by Crippen LogP contribution is 2.23. The summed E-state index contributed by atoms with van der Waals surface area (Å²) in [6.45, 7) is 0.168. The smallest absolute Gasteiger partial charge is 0.273 e. The molecule has 21 heavy (non-hydrogen) atoms. The fraction of sp³-hybridized carbons (Fsp3) is 0.143. The maximum Gasteiger partial charge on any atom is 0.273 e. The van der Waals surface area contributed by atoms with Crippen LogP contribution in [0.15, 0.2) is 36.4 Å². The lowest BCUT2D eigenvalue weighted by molar-refractivity contribution is -0.385. The zero-order valence-corrected chi connectivity index (χ0v) is 11.1. The molecule has 0 spiro atoms. The van der Waals surface area contributed by atoms with Gasteiger partial charge in [0.25, 0.3) is 5.69 Å². The fourth-order valence-electron chi connectivity index (χ4n) is 1.83. The number of benzene rings is 2. The van der Waals surface area contributed by atoms with Crippen LogP contribution in [0.4, 0.5) is 20.2 Å². The molecule has 0 aliphatic heterocycles. The molecule has 7 heteroatoms. The van der Waals surface area contributed by atoms with Crippen molar-refractivity contribution in [3.63, 3.8) is 0 Å². The highest BCUT2D eigenvalue weighted by Gasteiger charge is 2.10. The van der Waals surface area contributed by atoms with Gasteiger partial charge < -0.3 is 10.1 Å². The van der Waals surface area contributed by atoms with Gasteiger partial charge in [-0.2, -0.15) is 0 Å². The lowest BCUT2D eigenvalue weighted by atomic mass is 10.2. The first-order chi connectivity index (χ1) is 9.97. The van der Waals surface area contributed by atoms with Crippen LogP contribution in [0.2, 0.25) is 0 Å². The molecule has 0 amide bonds. The van der Waals surface area contributed by atoms with Crippen molar-refractivity contribution in [1.82, 2.24) is 0 Å². The summed E-state index contributed by atoms with van der Waals surface area (Å²) >= 11 is 0. The van der Waals surface area contributed by atoms with Gasteiger partial charge in [-0.05, 0) is 23.8 Å². The van der Waals surface area contributed by atoms with Gasteiger partial charge in [0.1, 0.15) is 17.4 Å². The van der Waals surface area contributed by atoms with Crippen LogP contribution in [-0.4, -0.2) is 12.0 Å².